The summed E-state index contributed by atoms with van der Waals surface area (Å²) in [5, 5.41) is 2.29. The van der Waals surface area contributed by atoms with Crippen LogP contribution in [0, 0.1) is 27.7 Å². The second-order valence-corrected chi connectivity index (χ2v) is 28.6. The van der Waals surface area contributed by atoms with Gasteiger partial charge in [-0.1, -0.05) is 97.1 Å². The topological polar surface area (TPSA) is 225 Å². The van der Waals surface area contributed by atoms with Crippen molar-refractivity contribution in [2.45, 2.75) is 56.7 Å². The summed E-state index contributed by atoms with van der Waals surface area (Å²) < 4.78 is 92.1. The molecule has 0 saturated heterocycles. The van der Waals surface area contributed by atoms with Gasteiger partial charge in [0.15, 0.2) is 0 Å². The molecule has 2 aliphatic rings. The first-order chi connectivity index (χ1) is 48.5. The number of fused-ring (bicyclic) bond motifs is 6. The van der Waals surface area contributed by atoms with Crippen LogP contribution in [-0.4, -0.2) is 113 Å². The van der Waals surface area contributed by atoms with Crippen LogP contribution in [0.1, 0.15) is 82.9 Å². The highest BCUT2D eigenvalue weighted by Gasteiger charge is 2.37. The lowest BCUT2D eigenvalue weighted by molar-refractivity contribution is 0.0638. The molecule has 0 radical (unpaired) electrons. The van der Waals surface area contributed by atoms with E-state index in [0.29, 0.717) is 123 Å². The lowest BCUT2D eigenvalue weighted by atomic mass is 9.96. The molecule has 4 heterocycles. The van der Waals surface area contributed by atoms with E-state index in [0.717, 1.165) is 56.4 Å². The van der Waals surface area contributed by atoms with Crippen LogP contribution in [0.3, 0.4) is 0 Å². The van der Waals surface area contributed by atoms with Gasteiger partial charge in [0.05, 0.1) is 89.2 Å². The Kier molecular flexibility index (Phi) is 17.8. The first-order valence-electron chi connectivity index (χ1n) is 33.3. The minimum atomic E-state index is -4.96. The molecule has 0 spiro atoms. The number of benzene rings is 10. The Bertz CT molecular complexity index is 5210. The van der Waals surface area contributed by atoms with Gasteiger partial charge in [0, 0.05) is 98.4 Å². The second kappa shape index (κ2) is 26.8. The molecule has 508 valence electrons. The summed E-state index contributed by atoms with van der Waals surface area (Å²) in [7, 11) is -5.99. The zero-order valence-corrected chi connectivity index (χ0v) is 58.0. The van der Waals surface area contributed by atoms with Crippen LogP contribution in [0.5, 0.6) is 0 Å². The van der Waals surface area contributed by atoms with Crippen molar-refractivity contribution in [1.82, 2.24) is 9.80 Å². The van der Waals surface area contributed by atoms with Crippen molar-refractivity contribution in [3.63, 3.8) is 0 Å². The fraction of sp³-hybridized carbons (Fsp3) is 0.185. The standard InChI is InChI=1S/C81H70N6O12S2/c1-50-20-15-21-51(2)76(50)84(42-18-44-86-78(88)58-24-7-8-25-59(58)79(86)89)56-34-38-64-70(48-56)98-68-46-54(32-36-62(68)74(64)66-28-11-13-30-72(66)100(92,93)94)82(5)40-17-41-83(6)55-33-37-63-69(47-55)99-71-49-57(35-39-65(71)75(63)67-29-12-14-31-73(67)101(95,96)97)85(77-52(3)22-16-23-53(77)4)43-19-45-87-80(90)60-26-9-10-27-61(60)81(87)91/h7-16,20-39,46-49H,17-19,40-45H2,1-6H3. The Hall–Kier alpha value is -11.2. The fourth-order valence-corrected chi connectivity index (χ4v) is 15.9. The SMILES string of the molecule is Cc1cccc(C)c1N(CCCN1C(=O)c2ccccc2C1=O)c1ccc2c(-c3ccccc3S(=O)(=O)[O-])c3ccc(N(C)CCCN(C)c4ccc5c(-c6ccccc6S(=O)(=O)[O-])c6ccc(N(CCCN7C(=O)c8ccccc8C7=O)c7c(C)cccc7C)cc6[o+]c5c4)cc3[o+]c2c1. The van der Waals surface area contributed by atoms with E-state index < -0.39 is 20.2 Å². The maximum Gasteiger partial charge on any atom is 0.363 e. The third kappa shape index (κ3) is 12.6. The average Bonchev–Trinajstić information content (AvgIpc) is 1.61. The first kappa shape index (κ1) is 67.0. The van der Waals surface area contributed by atoms with Crippen molar-refractivity contribution in [2.24, 2.45) is 0 Å². The monoisotopic (exact) mass is 1380 g/mol. The Labute approximate surface area is 585 Å². The van der Waals surface area contributed by atoms with Gasteiger partial charge >= 0.3 is 22.3 Å². The normalized spacial score (nSPS) is 13.1. The number of nitrogens with zero attached hydrogens (tertiary/aromatic N) is 6. The number of aryl methyl sites for hydroxylation is 4. The molecular formula is C81H70N6O12S2. The average molecular weight is 1380 g/mol. The molecule has 0 N–H and O–H groups in total. The predicted octanol–water partition coefficient (Wildman–Crippen LogP) is 16.0. The lowest BCUT2D eigenvalue weighted by Crippen LogP contribution is -2.33. The van der Waals surface area contributed by atoms with Gasteiger partial charge in [-0.15, -0.1) is 0 Å². The number of imide groups is 2. The molecule has 0 fully saturated rings. The van der Waals surface area contributed by atoms with Crippen LogP contribution in [0.25, 0.3) is 66.1 Å². The van der Waals surface area contributed by atoms with Crippen LogP contribution in [0.2, 0.25) is 0 Å². The van der Waals surface area contributed by atoms with Gasteiger partial charge in [-0.05, 0) is 154 Å². The van der Waals surface area contributed by atoms with Crippen LogP contribution in [0.4, 0.5) is 34.1 Å². The number of carbonyl (C=O) groups excluding carboxylic acids is 4. The summed E-state index contributed by atoms with van der Waals surface area (Å²) >= 11 is 0. The van der Waals surface area contributed by atoms with Crippen molar-refractivity contribution in [2.75, 3.05) is 73.0 Å². The van der Waals surface area contributed by atoms with Crippen LogP contribution in [0.15, 0.2) is 225 Å². The van der Waals surface area contributed by atoms with E-state index in [-0.39, 0.29) is 57.6 Å². The van der Waals surface area contributed by atoms with Gasteiger partial charge in [0.2, 0.25) is 0 Å². The van der Waals surface area contributed by atoms with Crippen molar-refractivity contribution in [1.29, 1.82) is 0 Å². The van der Waals surface area contributed by atoms with E-state index in [9.17, 15) is 45.1 Å². The van der Waals surface area contributed by atoms with E-state index in [2.05, 4.69) is 19.6 Å². The smallest absolute Gasteiger partial charge is 0.363 e. The van der Waals surface area contributed by atoms with Gasteiger partial charge < -0.3 is 28.7 Å². The van der Waals surface area contributed by atoms with Crippen molar-refractivity contribution < 1.29 is 54.0 Å². The number of rotatable bonds is 22. The predicted molar refractivity (Wildman–Crippen MR) is 393 cm³/mol. The zero-order valence-electron chi connectivity index (χ0n) is 56.4. The molecule has 2 aliphatic heterocycles. The van der Waals surface area contributed by atoms with Crippen molar-refractivity contribution in [3.8, 4) is 22.3 Å². The highest BCUT2D eigenvalue weighted by Crippen LogP contribution is 2.46. The zero-order chi connectivity index (χ0) is 70.8. The molecule has 0 atom stereocenters. The molecule has 20 heteroatoms. The molecule has 0 saturated carbocycles. The Morgan fingerprint density at radius 1 is 0.347 bits per heavy atom. The number of amides is 4. The molecule has 4 amide bonds. The summed E-state index contributed by atoms with van der Waals surface area (Å²) in [5.41, 5.74) is 13.6. The number of hydrogen-bond donors (Lipinski definition) is 0. The summed E-state index contributed by atoms with van der Waals surface area (Å²) in [6.45, 7) is 10.4. The Morgan fingerprint density at radius 2 is 0.634 bits per heavy atom. The molecule has 0 aliphatic carbocycles. The number of hydrogen-bond acceptors (Lipinski definition) is 14. The maximum atomic E-state index is 13.5. The van der Waals surface area contributed by atoms with E-state index in [1.807, 2.05) is 151 Å². The van der Waals surface area contributed by atoms with E-state index in [1.54, 1.807) is 72.8 Å². The molecule has 12 aromatic rings. The second-order valence-electron chi connectivity index (χ2n) is 25.9. The van der Waals surface area contributed by atoms with E-state index in [1.165, 1.54) is 34.1 Å². The third-order valence-electron chi connectivity index (χ3n) is 19.4. The maximum absolute atomic E-state index is 13.5. The van der Waals surface area contributed by atoms with Crippen molar-refractivity contribution in [3.05, 3.63) is 251 Å². The summed E-state index contributed by atoms with van der Waals surface area (Å²) in [6.07, 6.45) is 1.51. The van der Waals surface area contributed by atoms with Gasteiger partial charge in [-0.2, -0.15) is 0 Å². The third-order valence-corrected chi connectivity index (χ3v) is 21.2. The quantitative estimate of drug-likeness (QED) is 0.0266. The molecule has 0 unspecified atom stereocenters. The molecule has 101 heavy (non-hydrogen) atoms. The summed E-state index contributed by atoms with van der Waals surface area (Å²) in [6, 6.07) is 60.9. The minimum absolute atomic E-state index is 0.178. The van der Waals surface area contributed by atoms with Gasteiger partial charge in [-0.3, -0.25) is 29.0 Å². The summed E-state index contributed by atoms with van der Waals surface area (Å²) in [5.74, 6) is -1.32. The molecule has 14 rings (SSSR count). The summed E-state index contributed by atoms with van der Waals surface area (Å²) in [4.78, 5) is 64.2. The molecule has 0 bridgehead atoms. The van der Waals surface area contributed by atoms with Crippen molar-refractivity contribution >= 4 is 122 Å². The Balaban J connectivity index is 0.770. The molecule has 10 aromatic carbocycles. The lowest BCUT2D eigenvalue weighted by Gasteiger charge is -2.29. The van der Waals surface area contributed by atoms with Gasteiger partial charge in [0.1, 0.15) is 20.2 Å². The van der Waals surface area contributed by atoms with E-state index in [4.69, 9.17) is 8.83 Å². The largest absolute Gasteiger partial charge is 0.744 e. The van der Waals surface area contributed by atoms with Gasteiger partial charge in [-0.25, -0.2) is 25.7 Å². The Morgan fingerprint density at radius 3 is 0.950 bits per heavy atom. The fourth-order valence-electron chi connectivity index (χ4n) is 14.6. The highest BCUT2D eigenvalue weighted by molar-refractivity contribution is 7.86. The molecule has 18 nitrogen and oxygen atoms in total. The van der Waals surface area contributed by atoms with Crippen LogP contribution in [-0.2, 0) is 20.2 Å². The van der Waals surface area contributed by atoms with E-state index >= 15 is 0 Å². The highest BCUT2D eigenvalue weighted by atomic mass is 32.2. The molecule has 2 aromatic heterocycles. The number of anilines is 6. The number of carbonyl (C=O) groups is 4. The molecular weight excluding hydrogens is 1310 g/mol. The first-order valence-corrected chi connectivity index (χ1v) is 36.1. The van der Waals surface area contributed by atoms with Crippen LogP contribution < -0.4 is 19.6 Å². The minimum Gasteiger partial charge on any atom is -0.744 e. The number of para-hydroxylation sites is 2. The van der Waals surface area contributed by atoms with Crippen LogP contribution >= 0.6 is 0 Å². The van der Waals surface area contributed by atoms with Gasteiger partial charge in [0.25, 0.3) is 23.6 Å².